The van der Waals surface area contributed by atoms with E-state index in [4.69, 9.17) is 5.11 Å². The molecule has 8 heteroatoms. The van der Waals surface area contributed by atoms with E-state index in [9.17, 15) is 18.0 Å². The Hall–Kier alpha value is -1.41. The zero-order valence-corrected chi connectivity index (χ0v) is 13.6. The topological polar surface area (TPSA) is 91.8 Å². The maximum absolute atomic E-state index is 12.4. The van der Waals surface area contributed by atoms with Crippen LogP contribution in [0.2, 0.25) is 0 Å². The van der Waals surface area contributed by atoms with Gasteiger partial charge in [-0.1, -0.05) is 0 Å². The van der Waals surface area contributed by atoms with Crippen LogP contribution in [0.1, 0.15) is 23.2 Å². The monoisotopic (exact) mass is 375 g/mol. The van der Waals surface area contributed by atoms with Crippen LogP contribution in [0.3, 0.4) is 0 Å². The van der Waals surface area contributed by atoms with Crippen molar-refractivity contribution in [2.75, 3.05) is 12.8 Å². The second-order valence-corrected chi connectivity index (χ2v) is 7.75. The number of hydrogen-bond acceptors (Lipinski definition) is 4. The molecule has 2 rings (SSSR count). The predicted molar refractivity (Wildman–Crippen MR) is 78.9 cm³/mol. The first-order valence-corrected chi connectivity index (χ1v) is 8.93. The molecule has 1 aromatic rings. The minimum atomic E-state index is -3.48. The molecule has 6 nitrogen and oxygen atoms in total. The molecule has 0 spiro atoms. The number of benzene rings is 1. The van der Waals surface area contributed by atoms with Crippen molar-refractivity contribution in [1.29, 1.82) is 0 Å². The Balaban J connectivity index is 2.39. The van der Waals surface area contributed by atoms with Gasteiger partial charge in [-0.15, -0.1) is 0 Å². The second kappa shape index (κ2) is 5.76. The van der Waals surface area contributed by atoms with Crippen LogP contribution in [0, 0.1) is 0 Å². The van der Waals surface area contributed by atoms with E-state index >= 15 is 0 Å². The summed E-state index contributed by atoms with van der Waals surface area (Å²) in [6.45, 7) is 0.361. The zero-order chi connectivity index (χ0) is 15.8. The minimum Gasteiger partial charge on any atom is -0.480 e. The number of amides is 1. The maximum Gasteiger partial charge on any atom is 0.326 e. The SMILES string of the molecule is CS(=O)(=O)c1cc(C(=O)N2CCCC2C(=O)O)ccc1Br. The largest absolute Gasteiger partial charge is 0.480 e. The van der Waals surface area contributed by atoms with Crippen LogP contribution < -0.4 is 0 Å². The molecular weight excluding hydrogens is 362 g/mol. The van der Waals surface area contributed by atoms with Crippen LogP contribution in [-0.4, -0.2) is 49.1 Å². The molecule has 0 aliphatic carbocycles. The first-order valence-electron chi connectivity index (χ1n) is 6.25. The molecule has 0 aromatic heterocycles. The Morgan fingerprint density at radius 2 is 2.05 bits per heavy atom. The number of halogens is 1. The maximum atomic E-state index is 12.4. The lowest BCUT2D eigenvalue weighted by Gasteiger charge is -2.21. The van der Waals surface area contributed by atoms with Crippen molar-refractivity contribution < 1.29 is 23.1 Å². The molecule has 0 saturated carbocycles. The van der Waals surface area contributed by atoms with E-state index in [1.54, 1.807) is 0 Å². The molecule has 0 bridgehead atoms. The lowest BCUT2D eigenvalue weighted by molar-refractivity contribution is -0.141. The molecule has 1 heterocycles. The normalized spacial score (nSPS) is 18.8. The van der Waals surface area contributed by atoms with Gasteiger partial charge in [0.25, 0.3) is 5.91 Å². The third kappa shape index (κ3) is 3.26. The van der Waals surface area contributed by atoms with Gasteiger partial charge >= 0.3 is 5.97 Å². The van der Waals surface area contributed by atoms with Crippen molar-refractivity contribution in [3.63, 3.8) is 0 Å². The Morgan fingerprint density at radius 1 is 1.38 bits per heavy atom. The summed E-state index contributed by atoms with van der Waals surface area (Å²) in [4.78, 5) is 24.8. The lowest BCUT2D eigenvalue weighted by atomic mass is 10.1. The molecule has 1 aromatic carbocycles. The number of nitrogens with zero attached hydrogens (tertiary/aromatic N) is 1. The molecule has 1 saturated heterocycles. The van der Waals surface area contributed by atoms with Crippen LogP contribution in [0.25, 0.3) is 0 Å². The number of sulfone groups is 1. The zero-order valence-electron chi connectivity index (χ0n) is 11.2. The van der Waals surface area contributed by atoms with Crippen LogP contribution >= 0.6 is 15.9 Å². The van der Waals surface area contributed by atoms with Gasteiger partial charge in [-0.05, 0) is 47.0 Å². The average molecular weight is 376 g/mol. The van der Waals surface area contributed by atoms with Gasteiger partial charge in [-0.25, -0.2) is 13.2 Å². The van der Waals surface area contributed by atoms with Gasteiger partial charge in [-0.3, -0.25) is 4.79 Å². The number of rotatable bonds is 3. The smallest absolute Gasteiger partial charge is 0.326 e. The number of hydrogen-bond donors (Lipinski definition) is 1. The number of carboxylic acid groups (broad SMARTS) is 1. The number of likely N-dealkylation sites (tertiary alicyclic amines) is 1. The van der Waals surface area contributed by atoms with Gasteiger partial charge in [0.1, 0.15) is 6.04 Å². The van der Waals surface area contributed by atoms with Gasteiger partial charge in [0.2, 0.25) is 0 Å². The molecule has 0 radical (unpaired) electrons. The quantitative estimate of drug-likeness (QED) is 0.864. The van der Waals surface area contributed by atoms with Gasteiger partial charge in [0.15, 0.2) is 9.84 Å². The summed E-state index contributed by atoms with van der Waals surface area (Å²) in [7, 11) is -3.48. The van der Waals surface area contributed by atoms with Gasteiger partial charge in [0.05, 0.1) is 4.90 Å². The fourth-order valence-electron chi connectivity index (χ4n) is 2.35. The Bertz CT molecular complexity index is 701. The molecular formula is C13H14BrNO5S. The van der Waals surface area contributed by atoms with E-state index < -0.39 is 27.8 Å². The summed E-state index contributed by atoms with van der Waals surface area (Å²) < 4.78 is 23.7. The van der Waals surface area contributed by atoms with E-state index in [2.05, 4.69) is 15.9 Å². The summed E-state index contributed by atoms with van der Waals surface area (Å²) in [5.74, 6) is -1.50. The molecule has 114 valence electrons. The number of carbonyl (C=O) groups is 2. The van der Waals surface area contributed by atoms with Crippen molar-refractivity contribution in [3.8, 4) is 0 Å². The van der Waals surface area contributed by atoms with Crippen molar-refractivity contribution in [2.45, 2.75) is 23.8 Å². The van der Waals surface area contributed by atoms with Gasteiger partial charge in [0, 0.05) is 22.8 Å². The van der Waals surface area contributed by atoms with Crippen LogP contribution in [-0.2, 0) is 14.6 Å². The fourth-order valence-corrected chi connectivity index (χ4v) is 4.24. The summed E-state index contributed by atoms with van der Waals surface area (Å²) in [6, 6.07) is 3.40. The average Bonchev–Trinajstić information content (AvgIpc) is 2.86. The Morgan fingerprint density at radius 3 is 2.62 bits per heavy atom. The highest BCUT2D eigenvalue weighted by molar-refractivity contribution is 9.10. The van der Waals surface area contributed by atoms with Gasteiger partial charge < -0.3 is 10.0 Å². The minimum absolute atomic E-state index is 0.0134. The molecule has 1 aliphatic heterocycles. The summed E-state index contributed by atoms with van der Waals surface area (Å²) in [5, 5.41) is 9.11. The standard InChI is InChI=1S/C13H14BrNO5S/c1-21(19,20)11-7-8(4-5-9(11)14)12(16)15-6-2-3-10(15)13(17)18/h4-5,7,10H,2-3,6H2,1H3,(H,17,18). The van der Waals surface area contributed by atoms with Crippen molar-refractivity contribution in [3.05, 3.63) is 28.2 Å². The van der Waals surface area contributed by atoms with Gasteiger partial charge in [-0.2, -0.15) is 0 Å². The highest BCUT2D eigenvalue weighted by Crippen LogP contribution is 2.26. The van der Waals surface area contributed by atoms with Crippen LogP contribution in [0.5, 0.6) is 0 Å². The third-order valence-electron chi connectivity index (χ3n) is 3.38. The van der Waals surface area contributed by atoms with Crippen molar-refractivity contribution >= 4 is 37.6 Å². The van der Waals surface area contributed by atoms with E-state index in [-0.39, 0.29) is 10.5 Å². The molecule has 21 heavy (non-hydrogen) atoms. The van der Waals surface area contributed by atoms with E-state index in [0.29, 0.717) is 23.9 Å². The highest BCUT2D eigenvalue weighted by Gasteiger charge is 2.34. The van der Waals surface area contributed by atoms with E-state index in [1.807, 2.05) is 0 Å². The van der Waals surface area contributed by atoms with E-state index in [1.165, 1.54) is 23.1 Å². The lowest BCUT2D eigenvalue weighted by Crippen LogP contribution is -2.40. The predicted octanol–water partition coefficient (Wildman–Crippen LogP) is 1.54. The third-order valence-corrected chi connectivity index (χ3v) is 5.47. The second-order valence-electron chi connectivity index (χ2n) is 4.91. The Kier molecular flexibility index (Phi) is 4.38. The molecule has 1 N–H and O–H groups in total. The first kappa shape index (κ1) is 16.0. The summed E-state index contributed by atoms with van der Waals surface area (Å²) in [5.41, 5.74) is 0.173. The summed E-state index contributed by atoms with van der Waals surface area (Å²) in [6.07, 6.45) is 2.09. The molecule has 1 fully saturated rings. The molecule has 1 unspecified atom stereocenters. The Labute approximate surface area is 130 Å². The van der Waals surface area contributed by atoms with Crippen molar-refractivity contribution in [1.82, 2.24) is 4.90 Å². The fraction of sp³-hybridized carbons (Fsp3) is 0.385. The molecule has 1 aliphatic rings. The molecule has 1 amide bonds. The number of carboxylic acids is 1. The summed E-state index contributed by atoms with van der Waals surface area (Å²) >= 11 is 3.14. The van der Waals surface area contributed by atoms with Crippen LogP contribution in [0.15, 0.2) is 27.6 Å². The number of carbonyl (C=O) groups excluding carboxylic acids is 1. The van der Waals surface area contributed by atoms with E-state index in [0.717, 1.165) is 6.26 Å². The molecule has 1 atom stereocenters. The highest BCUT2D eigenvalue weighted by atomic mass is 79.9. The van der Waals surface area contributed by atoms with Crippen LogP contribution in [0.4, 0.5) is 0 Å². The first-order chi connectivity index (χ1) is 9.71. The van der Waals surface area contributed by atoms with Crippen molar-refractivity contribution in [2.24, 2.45) is 0 Å². The number of aliphatic carboxylic acids is 1.